The third-order valence-corrected chi connectivity index (χ3v) is 7.40. The van der Waals surface area contributed by atoms with Crippen LogP contribution in [0.3, 0.4) is 0 Å². The second kappa shape index (κ2) is 11.6. The molecule has 1 N–H and O–H groups in total. The molecule has 0 aromatic heterocycles. The van der Waals surface area contributed by atoms with Gasteiger partial charge in [-0.15, -0.1) is 0 Å². The third-order valence-electron chi connectivity index (χ3n) is 6.26. The molecule has 2 amide bonds. The minimum atomic E-state index is -3.83. The van der Waals surface area contributed by atoms with Crippen molar-refractivity contribution in [2.45, 2.75) is 52.7 Å². The molecule has 36 heavy (non-hydrogen) atoms. The molecule has 3 rings (SSSR count). The second-order valence-corrected chi connectivity index (χ2v) is 10.9. The predicted octanol–water partition coefficient (Wildman–Crippen LogP) is 2.86. The Morgan fingerprint density at radius 2 is 1.72 bits per heavy atom. The molecule has 0 bridgehead atoms. The predicted molar refractivity (Wildman–Crippen MR) is 139 cm³/mol. The number of carbonyl (C=O) groups is 2. The van der Waals surface area contributed by atoms with Gasteiger partial charge in [-0.2, -0.15) is 0 Å². The van der Waals surface area contributed by atoms with Crippen LogP contribution in [0.2, 0.25) is 0 Å². The topological polar surface area (TPSA) is 105 Å². The summed E-state index contributed by atoms with van der Waals surface area (Å²) >= 11 is 0. The summed E-state index contributed by atoms with van der Waals surface area (Å²) in [5, 5.41) is 2.92. The van der Waals surface area contributed by atoms with Crippen molar-refractivity contribution >= 4 is 27.5 Å². The number of carbonyl (C=O) groups excluding carboxylic acids is 2. The minimum absolute atomic E-state index is 0.0550. The summed E-state index contributed by atoms with van der Waals surface area (Å²) in [6.45, 7) is 7.90. The van der Waals surface area contributed by atoms with Crippen molar-refractivity contribution in [3.8, 4) is 11.5 Å². The number of anilines is 1. The van der Waals surface area contributed by atoms with Crippen LogP contribution in [0.25, 0.3) is 0 Å². The van der Waals surface area contributed by atoms with Crippen molar-refractivity contribution in [1.82, 2.24) is 10.2 Å². The zero-order chi connectivity index (χ0) is 26.5. The molecular formula is C26H35N3O6S. The number of rotatable bonds is 10. The zero-order valence-corrected chi connectivity index (χ0v) is 22.3. The van der Waals surface area contributed by atoms with Crippen LogP contribution in [0.5, 0.6) is 11.5 Å². The van der Waals surface area contributed by atoms with Gasteiger partial charge in [-0.05, 0) is 50.5 Å². The maximum absolute atomic E-state index is 13.7. The molecule has 0 unspecified atom stereocenters. The van der Waals surface area contributed by atoms with Crippen molar-refractivity contribution < 1.29 is 27.5 Å². The molecule has 10 heteroatoms. The van der Waals surface area contributed by atoms with E-state index in [0.717, 1.165) is 28.1 Å². The SMILES string of the molecule is CC[C@H](C)NC(=O)[C@@H](C)N(Cc1ccccc1C)C(=O)CN(c1ccc2c(c1)OCCO2)S(C)(=O)=O. The van der Waals surface area contributed by atoms with Crippen LogP contribution in [0, 0.1) is 6.92 Å². The lowest BCUT2D eigenvalue weighted by molar-refractivity contribution is -0.139. The number of hydrogen-bond acceptors (Lipinski definition) is 6. The zero-order valence-electron chi connectivity index (χ0n) is 21.5. The van der Waals surface area contributed by atoms with E-state index in [9.17, 15) is 18.0 Å². The number of ether oxygens (including phenoxy) is 2. The number of hydrogen-bond donors (Lipinski definition) is 1. The number of nitrogens with zero attached hydrogens (tertiary/aromatic N) is 2. The Labute approximate surface area is 213 Å². The summed E-state index contributed by atoms with van der Waals surface area (Å²) in [6, 6.07) is 11.5. The highest BCUT2D eigenvalue weighted by atomic mass is 32.2. The Balaban J connectivity index is 1.92. The molecule has 2 atom stereocenters. The first-order chi connectivity index (χ1) is 17.0. The lowest BCUT2D eigenvalue weighted by Crippen LogP contribution is -2.52. The van der Waals surface area contributed by atoms with Crippen LogP contribution in [0.15, 0.2) is 42.5 Å². The van der Waals surface area contributed by atoms with E-state index in [1.165, 1.54) is 4.90 Å². The van der Waals surface area contributed by atoms with Crippen molar-refractivity contribution in [3.05, 3.63) is 53.6 Å². The summed E-state index contributed by atoms with van der Waals surface area (Å²) in [5.41, 5.74) is 2.12. The molecule has 0 saturated heterocycles. The van der Waals surface area contributed by atoms with Crippen molar-refractivity contribution in [3.63, 3.8) is 0 Å². The molecule has 0 saturated carbocycles. The largest absolute Gasteiger partial charge is 0.486 e. The minimum Gasteiger partial charge on any atom is -0.486 e. The van der Waals surface area contributed by atoms with Crippen LogP contribution in [-0.2, 0) is 26.2 Å². The van der Waals surface area contributed by atoms with E-state index >= 15 is 0 Å². The van der Waals surface area contributed by atoms with Crippen molar-refractivity contribution in [2.24, 2.45) is 0 Å². The molecule has 2 aromatic carbocycles. The molecule has 1 heterocycles. The number of aryl methyl sites for hydroxylation is 1. The van der Waals surface area contributed by atoms with Crippen LogP contribution >= 0.6 is 0 Å². The van der Waals surface area contributed by atoms with Gasteiger partial charge in [0.05, 0.1) is 11.9 Å². The Kier molecular flexibility index (Phi) is 8.84. The number of fused-ring (bicyclic) bond motifs is 1. The standard InChI is InChI=1S/C26H35N3O6S/c1-6-19(3)27-26(31)20(4)28(16-21-10-8-7-9-18(21)2)25(30)17-29(36(5,32)33)22-11-12-23-24(15-22)35-14-13-34-23/h7-12,15,19-20H,6,13-14,16-17H2,1-5H3,(H,27,31)/t19-,20+/m0/s1. The average Bonchev–Trinajstić information content (AvgIpc) is 2.85. The smallest absolute Gasteiger partial charge is 0.244 e. The maximum Gasteiger partial charge on any atom is 0.244 e. The summed E-state index contributed by atoms with van der Waals surface area (Å²) in [4.78, 5) is 28.1. The molecule has 9 nitrogen and oxygen atoms in total. The Morgan fingerprint density at radius 1 is 1.06 bits per heavy atom. The fourth-order valence-corrected chi connectivity index (χ4v) is 4.66. The van der Waals surface area contributed by atoms with Gasteiger partial charge in [0.2, 0.25) is 21.8 Å². The van der Waals surface area contributed by atoms with Crippen LogP contribution in [0.1, 0.15) is 38.3 Å². The molecule has 0 spiro atoms. The van der Waals surface area contributed by atoms with Gasteiger partial charge in [0.1, 0.15) is 25.8 Å². The molecule has 196 valence electrons. The fourth-order valence-electron chi connectivity index (χ4n) is 3.82. The maximum atomic E-state index is 13.7. The van der Waals surface area contributed by atoms with Crippen molar-refractivity contribution in [1.29, 1.82) is 0 Å². The highest BCUT2D eigenvalue weighted by Crippen LogP contribution is 2.34. The number of sulfonamides is 1. The van der Waals surface area contributed by atoms with Gasteiger partial charge in [0.15, 0.2) is 11.5 Å². The van der Waals surface area contributed by atoms with Gasteiger partial charge < -0.3 is 19.7 Å². The van der Waals surface area contributed by atoms with E-state index in [1.54, 1.807) is 25.1 Å². The Morgan fingerprint density at radius 3 is 2.36 bits per heavy atom. The summed E-state index contributed by atoms with van der Waals surface area (Å²) in [6.07, 6.45) is 1.79. The second-order valence-electron chi connectivity index (χ2n) is 9.04. The first-order valence-electron chi connectivity index (χ1n) is 12.0. The molecule has 0 aliphatic carbocycles. The first kappa shape index (κ1) is 27.3. The lowest BCUT2D eigenvalue weighted by Gasteiger charge is -2.32. The van der Waals surface area contributed by atoms with Gasteiger partial charge in [0, 0.05) is 18.7 Å². The number of benzene rings is 2. The molecular weight excluding hydrogens is 482 g/mol. The molecule has 2 aromatic rings. The summed E-state index contributed by atoms with van der Waals surface area (Å²) in [7, 11) is -3.83. The highest BCUT2D eigenvalue weighted by molar-refractivity contribution is 7.92. The Bertz CT molecular complexity index is 1200. The molecule has 0 radical (unpaired) electrons. The van der Waals surface area contributed by atoms with Crippen LogP contribution < -0.4 is 19.1 Å². The highest BCUT2D eigenvalue weighted by Gasteiger charge is 2.31. The summed E-state index contributed by atoms with van der Waals surface area (Å²) in [5.74, 6) is 0.140. The number of amides is 2. The van der Waals surface area contributed by atoms with E-state index in [2.05, 4.69) is 5.32 Å². The van der Waals surface area contributed by atoms with Crippen LogP contribution in [0.4, 0.5) is 5.69 Å². The van der Waals surface area contributed by atoms with Gasteiger partial charge >= 0.3 is 0 Å². The van der Waals surface area contributed by atoms with Crippen LogP contribution in [-0.4, -0.2) is 63.2 Å². The normalized spacial score (nSPS) is 14.5. The number of nitrogens with one attached hydrogen (secondary N) is 1. The molecule has 0 fully saturated rings. The first-order valence-corrected chi connectivity index (χ1v) is 13.9. The van der Waals surface area contributed by atoms with E-state index in [1.807, 2.05) is 45.0 Å². The third kappa shape index (κ3) is 6.69. The monoisotopic (exact) mass is 517 g/mol. The summed E-state index contributed by atoms with van der Waals surface area (Å²) < 4.78 is 37.7. The quantitative estimate of drug-likeness (QED) is 0.520. The fraction of sp³-hybridized carbons (Fsp3) is 0.462. The van der Waals surface area contributed by atoms with Crippen molar-refractivity contribution in [2.75, 3.05) is 30.3 Å². The van der Waals surface area contributed by atoms with Gasteiger partial charge in [-0.25, -0.2) is 8.42 Å². The van der Waals surface area contributed by atoms with E-state index in [-0.39, 0.29) is 24.2 Å². The average molecular weight is 518 g/mol. The van der Waals surface area contributed by atoms with E-state index in [4.69, 9.17) is 9.47 Å². The molecule has 1 aliphatic rings. The van der Waals surface area contributed by atoms with E-state index in [0.29, 0.717) is 24.7 Å². The van der Waals surface area contributed by atoms with E-state index < -0.39 is 28.5 Å². The lowest BCUT2D eigenvalue weighted by atomic mass is 10.1. The van der Waals surface area contributed by atoms with Gasteiger partial charge in [-0.3, -0.25) is 13.9 Å². The van der Waals surface area contributed by atoms with Gasteiger partial charge in [0.25, 0.3) is 0 Å². The van der Waals surface area contributed by atoms with Gasteiger partial charge in [-0.1, -0.05) is 31.2 Å². The molecule has 1 aliphatic heterocycles. The Hall–Kier alpha value is -3.27.